The number of nitriles is 1. The van der Waals surface area contributed by atoms with Crippen LogP contribution in [0.4, 0.5) is 4.39 Å². The zero-order valence-electron chi connectivity index (χ0n) is 12.0. The number of hydrogen-bond donors (Lipinski definition) is 1. The maximum atomic E-state index is 12.9. The van der Waals surface area contributed by atoms with Crippen molar-refractivity contribution in [2.75, 3.05) is 0 Å². The van der Waals surface area contributed by atoms with Crippen LogP contribution in [0.25, 0.3) is 11.3 Å². The molecule has 0 amide bonds. The lowest BCUT2D eigenvalue weighted by atomic mass is 10.1. The SMILES string of the molecule is N#Cc1cccc(-c2ccc(Oc3ccc(F)cc3)cc2)[n+]1O. The first-order valence-corrected chi connectivity index (χ1v) is 6.85. The van der Waals surface area contributed by atoms with Gasteiger partial charge < -0.3 is 4.74 Å². The summed E-state index contributed by atoms with van der Waals surface area (Å²) in [7, 11) is 0. The number of aromatic nitrogens is 1. The number of rotatable bonds is 3. The zero-order valence-corrected chi connectivity index (χ0v) is 12.0. The Kier molecular flexibility index (Phi) is 3.89. The molecular weight excluding hydrogens is 295 g/mol. The Morgan fingerprint density at radius 1 is 0.913 bits per heavy atom. The Labute approximate surface area is 132 Å². The second-order valence-electron chi connectivity index (χ2n) is 4.80. The van der Waals surface area contributed by atoms with Crippen molar-refractivity contribution in [3.8, 4) is 28.8 Å². The summed E-state index contributed by atoms with van der Waals surface area (Å²) in [6.45, 7) is 0. The quantitative estimate of drug-likeness (QED) is 0.593. The minimum absolute atomic E-state index is 0.147. The van der Waals surface area contributed by atoms with Gasteiger partial charge >= 0.3 is 5.69 Å². The van der Waals surface area contributed by atoms with E-state index in [-0.39, 0.29) is 11.5 Å². The molecule has 4 nitrogen and oxygen atoms in total. The van der Waals surface area contributed by atoms with E-state index in [1.54, 1.807) is 48.5 Å². The first kappa shape index (κ1) is 14.5. The molecule has 3 rings (SSSR count). The maximum absolute atomic E-state index is 12.9. The van der Waals surface area contributed by atoms with Gasteiger partial charge in [0.1, 0.15) is 17.3 Å². The molecule has 5 heteroatoms. The number of nitrogens with zero attached hydrogens (tertiary/aromatic N) is 2. The predicted octanol–water partition coefficient (Wildman–Crippen LogP) is 3.68. The van der Waals surface area contributed by atoms with Gasteiger partial charge in [0.25, 0.3) is 5.69 Å². The summed E-state index contributed by atoms with van der Waals surface area (Å²) in [5, 5.41) is 18.9. The first-order chi connectivity index (χ1) is 11.2. The van der Waals surface area contributed by atoms with E-state index in [1.165, 1.54) is 18.2 Å². The van der Waals surface area contributed by atoms with Gasteiger partial charge in [-0.25, -0.2) is 4.39 Å². The van der Waals surface area contributed by atoms with Crippen LogP contribution in [0.2, 0.25) is 0 Å². The van der Waals surface area contributed by atoms with E-state index in [1.807, 2.05) is 6.07 Å². The van der Waals surface area contributed by atoms with Crippen LogP contribution in [0.15, 0.2) is 66.7 Å². The fourth-order valence-electron chi connectivity index (χ4n) is 2.14. The summed E-state index contributed by atoms with van der Waals surface area (Å²) < 4.78 is 19.3. The van der Waals surface area contributed by atoms with Gasteiger partial charge in [-0.05, 0) is 54.6 Å². The standard InChI is InChI=1S/C18H12FN2O2/c19-14-6-10-17(11-7-14)23-16-8-4-13(5-9-16)18-3-1-2-15(12-20)21(18)22/h1-11,22H/q+1. The largest absolute Gasteiger partial charge is 0.457 e. The average Bonchev–Trinajstić information content (AvgIpc) is 2.58. The molecule has 0 spiro atoms. The van der Waals surface area contributed by atoms with Crippen molar-refractivity contribution in [3.05, 3.63) is 78.2 Å². The molecule has 0 saturated heterocycles. The van der Waals surface area contributed by atoms with Crippen LogP contribution in [0, 0.1) is 17.1 Å². The van der Waals surface area contributed by atoms with Gasteiger partial charge in [-0.3, -0.25) is 5.21 Å². The number of pyridine rings is 1. The van der Waals surface area contributed by atoms with Crippen LogP contribution in [-0.2, 0) is 0 Å². The van der Waals surface area contributed by atoms with E-state index in [0.29, 0.717) is 17.2 Å². The number of hydrogen-bond acceptors (Lipinski definition) is 3. The first-order valence-electron chi connectivity index (χ1n) is 6.85. The lowest BCUT2D eigenvalue weighted by Crippen LogP contribution is -2.36. The van der Waals surface area contributed by atoms with E-state index >= 15 is 0 Å². The van der Waals surface area contributed by atoms with Gasteiger partial charge in [0, 0.05) is 16.9 Å². The molecule has 1 aromatic heterocycles. The Hall–Kier alpha value is -3.39. The number of ether oxygens (including phenoxy) is 1. The lowest BCUT2D eigenvalue weighted by Gasteiger charge is -2.06. The van der Waals surface area contributed by atoms with Crippen LogP contribution in [0.3, 0.4) is 0 Å². The molecule has 0 atom stereocenters. The summed E-state index contributed by atoms with van der Waals surface area (Å²) in [6, 6.07) is 19.6. The van der Waals surface area contributed by atoms with Crippen LogP contribution >= 0.6 is 0 Å². The van der Waals surface area contributed by atoms with Crippen molar-refractivity contribution in [2.24, 2.45) is 0 Å². The van der Waals surface area contributed by atoms with Crippen LogP contribution in [0.1, 0.15) is 5.69 Å². The third-order valence-electron chi connectivity index (χ3n) is 3.28. The normalized spacial score (nSPS) is 10.1. The van der Waals surface area contributed by atoms with Gasteiger partial charge in [0.2, 0.25) is 0 Å². The molecule has 23 heavy (non-hydrogen) atoms. The van der Waals surface area contributed by atoms with Crippen LogP contribution < -0.4 is 9.47 Å². The molecule has 112 valence electrons. The van der Waals surface area contributed by atoms with E-state index in [9.17, 15) is 9.60 Å². The van der Waals surface area contributed by atoms with Crippen molar-refractivity contribution >= 4 is 0 Å². The smallest absolute Gasteiger partial charge is 0.334 e. The van der Waals surface area contributed by atoms with Gasteiger partial charge in [-0.15, -0.1) is 0 Å². The Morgan fingerprint density at radius 2 is 1.52 bits per heavy atom. The van der Waals surface area contributed by atoms with E-state index in [2.05, 4.69) is 0 Å². The summed E-state index contributed by atoms with van der Waals surface area (Å²) >= 11 is 0. The van der Waals surface area contributed by atoms with Crippen molar-refractivity contribution < 1.29 is 19.1 Å². The number of benzene rings is 2. The minimum Gasteiger partial charge on any atom is -0.457 e. The second kappa shape index (κ2) is 6.16. The molecule has 2 aromatic carbocycles. The van der Waals surface area contributed by atoms with Gasteiger partial charge in [-0.1, -0.05) is 0 Å². The van der Waals surface area contributed by atoms with E-state index < -0.39 is 0 Å². The Bertz CT molecular complexity index is 869. The second-order valence-corrected chi connectivity index (χ2v) is 4.80. The molecule has 0 unspecified atom stereocenters. The Balaban J connectivity index is 1.85. The Morgan fingerprint density at radius 3 is 2.13 bits per heavy atom. The predicted molar refractivity (Wildman–Crippen MR) is 80.4 cm³/mol. The summed E-state index contributed by atoms with van der Waals surface area (Å²) in [5.74, 6) is 0.793. The molecule has 0 aliphatic carbocycles. The summed E-state index contributed by atoms with van der Waals surface area (Å²) in [4.78, 5) is 0. The van der Waals surface area contributed by atoms with Crippen molar-refractivity contribution in [1.82, 2.24) is 0 Å². The highest BCUT2D eigenvalue weighted by Crippen LogP contribution is 2.24. The van der Waals surface area contributed by atoms with Crippen molar-refractivity contribution in [1.29, 1.82) is 5.26 Å². The molecule has 0 aliphatic heterocycles. The molecule has 0 radical (unpaired) electrons. The summed E-state index contributed by atoms with van der Waals surface area (Å²) in [5.41, 5.74) is 1.38. The average molecular weight is 307 g/mol. The molecule has 0 fully saturated rings. The molecule has 1 N–H and O–H groups in total. The highest BCUT2D eigenvalue weighted by molar-refractivity contribution is 5.57. The minimum atomic E-state index is -0.322. The fraction of sp³-hybridized carbons (Fsp3) is 0. The molecular formula is C18H12FN2O2+. The fourth-order valence-corrected chi connectivity index (χ4v) is 2.14. The molecule has 1 heterocycles. The molecule has 0 saturated carbocycles. The van der Waals surface area contributed by atoms with Gasteiger partial charge in [0.05, 0.1) is 5.56 Å². The maximum Gasteiger partial charge on any atom is 0.334 e. The highest BCUT2D eigenvalue weighted by atomic mass is 19.1. The topological polar surface area (TPSA) is 57.1 Å². The van der Waals surface area contributed by atoms with Crippen molar-refractivity contribution in [2.45, 2.75) is 0 Å². The number of halogens is 1. The summed E-state index contributed by atoms with van der Waals surface area (Å²) in [6.07, 6.45) is 0. The molecule has 0 bridgehead atoms. The van der Waals surface area contributed by atoms with E-state index in [4.69, 9.17) is 10.00 Å². The third-order valence-corrected chi connectivity index (χ3v) is 3.28. The van der Waals surface area contributed by atoms with Crippen molar-refractivity contribution in [3.63, 3.8) is 0 Å². The monoisotopic (exact) mass is 307 g/mol. The molecule has 0 aliphatic rings. The van der Waals surface area contributed by atoms with Crippen LogP contribution in [0.5, 0.6) is 11.5 Å². The van der Waals surface area contributed by atoms with Gasteiger partial charge in [0.15, 0.2) is 6.07 Å². The highest BCUT2D eigenvalue weighted by Gasteiger charge is 2.17. The molecule has 3 aromatic rings. The van der Waals surface area contributed by atoms with Crippen LogP contribution in [-0.4, -0.2) is 5.21 Å². The zero-order chi connectivity index (χ0) is 16.2. The van der Waals surface area contributed by atoms with Gasteiger partial charge in [-0.2, -0.15) is 5.26 Å². The third kappa shape index (κ3) is 3.11. The lowest BCUT2D eigenvalue weighted by molar-refractivity contribution is -0.897. The van der Waals surface area contributed by atoms with E-state index in [0.717, 1.165) is 10.3 Å².